The molecule has 1 aromatic carbocycles. The summed E-state index contributed by atoms with van der Waals surface area (Å²) in [6.45, 7) is 2.04. The van der Waals surface area contributed by atoms with Crippen molar-refractivity contribution < 1.29 is 0 Å². The van der Waals surface area contributed by atoms with Gasteiger partial charge in [0.25, 0.3) is 0 Å². The van der Waals surface area contributed by atoms with E-state index in [0.29, 0.717) is 0 Å². The third kappa shape index (κ3) is 2.33. The Morgan fingerprint density at radius 1 is 1.30 bits per heavy atom. The van der Waals surface area contributed by atoms with Crippen LogP contribution in [0.2, 0.25) is 5.02 Å². The zero-order chi connectivity index (χ0) is 14.1. The molecule has 0 bridgehead atoms. The number of hydrogen-bond acceptors (Lipinski definition) is 3. The molecule has 3 aromatic rings. The molecule has 20 heavy (non-hydrogen) atoms. The van der Waals surface area contributed by atoms with Gasteiger partial charge < -0.3 is 5.32 Å². The number of nitrogens with one attached hydrogen (secondary N) is 1. The Hall–Kier alpha value is -1.42. The first-order valence-electron chi connectivity index (χ1n) is 6.46. The van der Waals surface area contributed by atoms with Gasteiger partial charge in [0.2, 0.25) is 0 Å². The molecule has 1 N–H and O–H groups in total. The van der Waals surface area contributed by atoms with Crippen LogP contribution in [0.3, 0.4) is 0 Å². The molecule has 0 fully saturated rings. The van der Waals surface area contributed by atoms with Gasteiger partial charge >= 0.3 is 0 Å². The highest BCUT2D eigenvalue weighted by molar-refractivity contribution is 7.10. The maximum atomic E-state index is 6.41. The fourth-order valence-electron chi connectivity index (χ4n) is 2.36. The molecule has 2 nitrogen and oxygen atoms in total. The molecule has 2 heterocycles. The number of nitrogens with zero attached hydrogens (tertiary/aromatic N) is 1. The van der Waals surface area contributed by atoms with Crippen LogP contribution in [0.1, 0.15) is 22.0 Å². The molecule has 0 saturated heterocycles. The highest BCUT2D eigenvalue weighted by Crippen LogP contribution is 2.36. The minimum Gasteiger partial charge on any atom is -0.309 e. The van der Waals surface area contributed by atoms with Crippen LogP contribution in [0, 0.1) is 6.92 Å². The number of aromatic nitrogens is 1. The summed E-state index contributed by atoms with van der Waals surface area (Å²) in [6.07, 6.45) is 1.82. The highest BCUT2D eigenvalue weighted by atomic mass is 35.5. The lowest BCUT2D eigenvalue weighted by Gasteiger charge is -2.16. The molecular weight excluding hydrogens is 288 g/mol. The summed E-state index contributed by atoms with van der Waals surface area (Å²) in [5.74, 6) is 0. The zero-order valence-corrected chi connectivity index (χ0v) is 12.9. The second-order valence-corrected chi connectivity index (χ2v) is 6.06. The largest absolute Gasteiger partial charge is 0.309 e. The zero-order valence-electron chi connectivity index (χ0n) is 11.4. The van der Waals surface area contributed by atoms with E-state index in [9.17, 15) is 0 Å². The number of benzene rings is 1. The fourth-order valence-corrected chi connectivity index (χ4v) is 3.79. The van der Waals surface area contributed by atoms with Gasteiger partial charge in [-0.25, -0.2) is 0 Å². The van der Waals surface area contributed by atoms with Gasteiger partial charge in [0.05, 0.1) is 16.6 Å². The number of halogens is 1. The van der Waals surface area contributed by atoms with E-state index in [-0.39, 0.29) is 6.04 Å². The van der Waals surface area contributed by atoms with Crippen LogP contribution in [-0.2, 0) is 0 Å². The van der Waals surface area contributed by atoms with Crippen LogP contribution in [0.4, 0.5) is 0 Å². The van der Waals surface area contributed by atoms with E-state index in [4.69, 9.17) is 11.6 Å². The van der Waals surface area contributed by atoms with Crippen molar-refractivity contribution in [2.75, 3.05) is 7.05 Å². The quantitative estimate of drug-likeness (QED) is 0.767. The molecule has 102 valence electrons. The van der Waals surface area contributed by atoms with Crippen LogP contribution in [0.25, 0.3) is 10.9 Å². The van der Waals surface area contributed by atoms with Crippen molar-refractivity contribution in [2.24, 2.45) is 0 Å². The van der Waals surface area contributed by atoms with E-state index < -0.39 is 0 Å². The normalized spacial score (nSPS) is 12.8. The molecule has 0 radical (unpaired) electrons. The molecule has 0 aliphatic carbocycles. The van der Waals surface area contributed by atoms with Crippen LogP contribution in [0.15, 0.2) is 41.9 Å². The summed E-state index contributed by atoms with van der Waals surface area (Å²) in [6, 6.07) is 10.5. The average Bonchev–Trinajstić information content (AvgIpc) is 2.80. The lowest BCUT2D eigenvalue weighted by molar-refractivity contribution is 0.704. The van der Waals surface area contributed by atoms with Gasteiger partial charge in [-0.2, -0.15) is 0 Å². The lowest BCUT2D eigenvalue weighted by atomic mass is 10.0. The average molecular weight is 303 g/mol. The van der Waals surface area contributed by atoms with E-state index >= 15 is 0 Å². The second kappa shape index (κ2) is 5.52. The summed E-state index contributed by atoms with van der Waals surface area (Å²) in [5.41, 5.74) is 3.32. The van der Waals surface area contributed by atoms with E-state index in [0.717, 1.165) is 26.4 Å². The number of fused-ring (bicyclic) bond motifs is 1. The summed E-state index contributed by atoms with van der Waals surface area (Å²) < 4.78 is 0. The molecule has 1 atom stereocenters. The smallest absolute Gasteiger partial charge is 0.0705 e. The highest BCUT2D eigenvalue weighted by Gasteiger charge is 2.18. The van der Waals surface area contributed by atoms with Gasteiger partial charge in [0.15, 0.2) is 0 Å². The van der Waals surface area contributed by atoms with Crippen molar-refractivity contribution in [2.45, 2.75) is 13.0 Å². The van der Waals surface area contributed by atoms with E-state index in [1.807, 2.05) is 26.2 Å². The Kier molecular flexibility index (Phi) is 3.74. The Bertz CT molecular complexity index is 751. The Labute approximate surface area is 127 Å². The minimum atomic E-state index is 0.104. The lowest BCUT2D eigenvalue weighted by Crippen LogP contribution is -2.16. The maximum Gasteiger partial charge on any atom is 0.0705 e. The van der Waals surface area contributed by atoms with Crippen molar-refractivity contribution in [3.05, 3.63) is 62.9 Å². The van der Waals surface area contributed by atoms with Crippen molar-refractivity contribution in [3.63, 3.8) is 0 Å². The summed E-state index contributed by atoms with van der Waals surface area (Å²) in [7, 11) is 1.96. The first-order chi connectivity index (χ1) is 9.70. The summed E-state index contributed by atoms with van der Waals surface area (Å²) in [4.78, 5) is 5.58. The predicted octanol–water partition coefficient (Wildman–Crippen LogP) is 4.57. The molecule has 0 aliphatic heterocycles. The number of rotatable bonds is 3. The van der Waals surface area contributed by atoms with Gasteiger partial charge in [0, 0.05) is 16.5 Å². The van der Waals surface area contributed by atoms with Gasteiger partial charge in [-0.3, -0.25) is 4.98 Å². The summed E-state index contributed by atoms with van der Waals surface area (Å²) >= 11 is 8.10. The van der Waals surface area contributed by atoms with Crippen molar-refractivity contribution in [1.82, 2.24) is 10.3 Å². The van der Waals surface area contributed by atoms with Crippen molar-refractivity contribution >= 4 is 33.8 Å². The second-order valence-electron chi connectivity index (χ2n) is 4.77. The van der Waals surface area contributed by atoms with Crippen LogP contribution in [-0.4, -0.2) is 12.0 Å². The van der Waals surface area contributed by atoms with Crippen LogP contribution >= 0.6 is 22.9 Å². The van der Waals surface area contributed by atoms with Crippen molar-refractivity contribution in [1.29, 1.82) is 0 Å². The number of hydrogen-bond donors (Lipinski definition) is 1. The molecule has 0 spiro atoms. The monoisotopic (exact) mass is 302 g/mol. The predicted molar refractivity (Wildman–Crippen MR) is 86.7 cm³/mol. The summed E-state index contributed by atoms with van der Waals surface area (Å²) in [5, 5.41) is 7.46. The van der Waals surface area contributed by atoms with Gasteiger partial charge in [-0.15, -0.1) is 11.3 Å². The van der Waals surface area contributed by atoms with Crippen molar-refractivity contribution in [3.8, 4) is 0 Å². The molecule has 0 amide bonds. The van der Waals surface area contributed by atoms with Gasteiger partial charge in [0.1, 0.15) is 0 Å². The molecule has 4 heteroatoms. The van der Waals surface area contributed by atoms with Gasteiger partial charge in [-0.05, 0) is 42.6 Å². The maximum absolute atomic E-state index is 6.41. The molecule has 1 unspecified atom stereocenters. The Balaban J connectivity index is 2.09. The Morgan fingerprint density at radius 2 is 2.15 bits per heavy atom. The van der Waals surface area contributed by atoms with Crippen LogP contribution in [0.5, 0.6) is 0 Å². The first kappa shape index (κ1) is 13.6. The number of thiophene rings is 1. The molecule has 2 aromatic heterocycles. The molecule has 3 rings (SSSR count). The topological polar surface area (TPSA) is 24.9 Å². The third-order valence-corrected chi connectivity index (χ3v) is 5.22. The van der Waals surface area contributed by atoms with Crippen LogP contribution < -0.4 is 5.32 Å². The van der Waals surface area contributed by atoms with E-state index in [1.165, 1.54) is 5.56 Å². The van der Waals surface area contributed by atoms with E-state index in [1.54, 1.807) is 11.3 Å². The number of aryl methyl sites for hydroxylation is 1. The minimum absolute atomic E-state index is 0.104. The SMILES string of the molecule is CNC(c1ccc2cccnc2c1)c1scc(C)c1Cl. The standard InChI is InChI=1S/C16H15ClN2S/c1-10-9-20-16(14(10)17)15(18-2)12-6-5-11-4-3-7-19-13(11)8-12/h3-9,15,18H,1-2H3. The first-order valence-corrected chi connectivity index (χ1v) is 7.72. The third-order valence-electron chi connectivity index (χ3n) is 3.44. The molecule has 0 aliphatic rings. The Morgan fingerprint density at radius 3 is 2.85 bits per heavy atom. The number of pyridine rings is 1. The molecule has 0 saturated carbocycles. The molecular formula is C16H15ClN2S. The fraction of sp³-hybridized carbons (Fsp3) is 0.188. The van der Waals surface area contributed by atoms with Gasteiger partial charge in [-0.1, -0.05) is 29.8 Å². The van der Waals surface area contributed by atoms with E-state index in [2.05, 4.69) is 39.9 Å².